The third-order valence-electron chi connectivity index (χ3n) is 6.02. The molecule has 0 amide bonds. The number of nitrogens with zero attached hydrogens (tertiary/aromatic N) is 2. The number of benzene rings is 1. The fourth-order valence-corrected chi connectivity index (χ4v) is 5.05. The van der Waals surface area contributed by atoms with Gasteiger partial charge in [0.2, 0.25) is 0 Å². The number of aliphatic carboxylic acids is 1. The molecule has 1 aliphatic rings. The van der Waals surface area contributed by atoms with E-state index >= 15 is 0 Å². The van der Waals surface area contributed by atoms with Gasteiger partial charge in [-0.15, -0.1) is 0 Å². The van der Waals surface area contributed by atoms with Crippen molar-refractivity contribution >= 4 is 23.3 Å². The van der Waals surface area contributed by atoms with Crippen LogP contribution in [0.4, 0.5) is 4.39 Å². The second-order valence-corrected chi connectivity index (χ2v) is 9.00. The van der Waals surface area contributed by atoms with Gasteiger partial charge in [-0.2, -0.15) is 5.26 Å². The van der Waals surface area contributed by atoms with Gasteiger partial charge in [0.1, 0.15) is 11.2 Å². The summed E-state index contributed by atoms with van der Waals surface area (Å²) in [5.74, 6) is -3.11. The molecule has 1 heterocycles. The average Bonchev–Trinajstić information content (AvgIpc) is 2.60. The molecule has 0 radical (unpaired) electrons. The molecule has 0 aromatic heterocycles. The minimum Gasteiger partial charge on any atom is -0.481 e. The Morgan fingerprint density at radius 2 is 2.10 bits per heavy atom. The van der Waals surface area contributed by atoms with Crippen LogP contribution in [0.3, 0.4) is 0 Å². The van der Waals surface area contributed by atoms with Crippen LogP contribution in [0.2, 0.25) is 5.02 Å². The number of carboxylic acid groups (broad SMARTS) is 1. The van der Waals surface area contributed by atoms with Crippen LogP contribution in [0.15, 0.2) is 23.2 Å². The van der Waals surface area contributed by atoms with Crippen molar-refractivity contribution in [3.63, 3.8) is 0 Å². The van der Waals surface area contributed by atoms with Crippen LogP contribution in [-0.2, 0) is 9.53 Å². The fourth-order valence-electron chi connectivity index (χ4n) is 4.76. The Morgan fingerprint density at radius 1 is 1.45 bits per heavy atom. The molecule has 4 unspecified atom stereocenters. The molecule has 7 heteroatoms. The number of ether oxygens (including phenoxy) is 1. The van der Waals surface area contributed by atoms with E-state index in [2.05, 4.69) is 6.07 Å². The maximum absolute atomic E-state index is 13.7. The van der Waals surface area contributed by atoms with E-state index in [1.165, 1.54) is 18.2 Å². The molecule has 158 valence electrons. The smallest absolute Gasteiger partial charge is 0.313 e. The molecule has 5 nitrogen and oxygen atoms in total. The second kappa shape index (κ2) is 8.81. The summed E-state index contributed by atoms with van der Waals surface area (Å²) in [6.07, 6.45) is 1.12. The minimum absolute atomic E-state index is 0.121. The zero-order chi connectivity index (χ0) is 22.0. The van der Waals surface area contributed by atoms with Crippen molar-refractivity contribution in [2.75, 3.05) is 13.7 Å². The van der Waals surface area contributed by atoms with E-state index < -0.39 is 40.5 Å². The van der Waals surface area contributed by atoms with Gasteiger partial charge in [0.05, 0.1) is 18.0 Å². The summed E-state index contributed by atoms with van der Waals surface area (Å²) < 4.78 is 18.9. The van der Waals surface area contributed by atoms with E-state index in [1.54, 1.807) is 14.0 Å². The lowest BCUT2D eigenvalue weighted by molar-refractivity contribution is -0.163. The van der Waals surface area contributed by atoms with Gasteiger partial charge in [-0.3, -0.25) is 9.79 Å². The van der Waals surface area contributed by atoms with Crippen molar-refractivity contribution in [1.29, 1.82) is 5.26 Å². The molecular formula is C22H28ClFN2O3. The molecule has 1 aromatic rings. The third-order valence-corrected chi connectivity index (χ3v) is 6.34. The second-order valence-electron chi connectivity index (χ2n) is 8.60. The van der Waals surface area contributed by atoms with E-state index in [0.717, 1.165) is 0 Å². The molecular weight excluding hydrogens is 395 g/mol. The van der Waals surface area contributed by atoms with Crippen molar-refractivity contribution < 1.29 is 19.0 Å². The third kappa shape index (κ3) is 4.04. The maximum Gasteiger partial charge on any atom is 0.313 e. The topological polar surface area (TPSA) is 82.7 Å². The number of rotatable bonds is 6. The number of nitriles is 1. The Bertz CT molecular complexity index is 843. The number of halogens is 2. The normalized spacial score (nSPS) is 27.2. The van der Waals surface area contributed by atoms with Crippen LogP contribution in [0.5, 0.6) is 0 Å². The SMILES string of the molecule is COCCCC1N=C(C)C(C#N)C(c2ccc(F)cc2Cl)C1(C(=O)O)C(C)(C)C. The van der Waals surface area contributed by atoms with Gasteiger partial charge >= 0.3 is 5.97 Å². The van der Waals surface area contributed by atoms with Gasteiger partial charge in [0.15, 0.2) is 0 Å². The Morgan fingerprint density at radius 3 is 2.59 bits per heavy atom. The Kier molecular flexibility index (Phi) is 7.08. The highest BCUT2D eigenvalue weighted by Crippen LogP contribution is 2.59. The van der Waals surface area contributed by atoms with Crippen molar-refractivity contribution in [3.05, 3.63) is 34.6 Å². The molecule has 1 aliphatic heterocycles. The molecule has 0 bridgehead atoms. The highest BCUT2D eigenvalue weighted by atomic mass is 35.5. The van der Waals surface area contributed by atoms with Crippen LogP contribution in [-0.4, -0.2) is 36.5 Å². The summed E-state index contributed by atoms with van der Waals surface area (Å²) in [6.45, 7) is 7.77. The van der Waals surface area contributed by atoms with Crippen molar-refractivity contribution in [1.82, 2.24) is 0 Å². The Labute approximate surface area is 176 Å². The number of methoxy groups -OCH3 is 1. The summed E-state index contributed by atoms with van der Waals surface area (Å²) >= 11 is 6.39. The predicted molar refractivity (Wildman–Crippen MR) is 111 cm³/mol. The first-order valence-corrected chi connectivity index (χ1v) is 10.0. The molecule has 0 spiro atoms. The number of hydrogen-bond acceptors (Lipinski definition) is 4. The van der Waals surface area contributed by atoms with E-state index in [0.29, 0.717) is 30.7 Å². The van der Waals surface area contributed by atoms with Gasteiger partial charge in [-0.05, 0) is 42.9 Å². The van der Waals surface area contributed by atoms with Crippen LogP contribution >= 0.6 is 11.6 Å². The fraction of sp³-hybridized carbons (Fsp3) is 0.591. The minimum atomic E-state index is -1.41. The number of carboxylic acids is 1. The molecule has 0 saturated carbocycles. The molecule has 2 rings (SSSR count). The summed E-state index contributed by atoms with van der Waals surface area (Å²) in [6, 6.07) is 5.59. The highest BCUT2D eigenvalue weighted by Gasteiger charge is 2.64. The van der Waals surface area contributed by atoms with Crippen LogP contribution in [0.1, 0.15) is 52.0 Å². The van der Waals surface area contributed by atoms with E-state index in [4.69, 9.17) is 21.3 Å². The predicted octanol–water partition coefficient (Wildman–Crippen LogP) is 5.09. The van der Waals surface area contributed by atoms with E-state index in [-0.39, 0.29) is 5.02 Å². The van der Waals surface area contributed by atoms with Crippen molar-refractivity contribution in [3.8, 4) is 6.07 Å². The zero-order valence-electron chi connectivity index (χ0n) is 17.5. The summed E-state index contributed by atoms with van der Waals surface area (Å²) in [7, 11) is 1.59. The zero-order valence-corrected chi connectivity index (χ0v) is 18.3. The summed E-state index contributed by atoms with van der Waals surface area (Å²) in [4.78, 5) is 17.7. The Balaban J connectivity index is 2.84. The van der Waals surface area contributed by atoms with Crippen LogP contribution in [0, 0.1) is 33.9 Å². The lowest BCUT2D eigenvalue weighted by Crippen LogP contribution is -2.59. The average molecular weight is 423 g/mol. The molecule has 0 saturated heterocycles. The maximum atomic E-state index is 13.7. The van der Waals surface area contributed by atoms with Gasteiger partial charge in [-0.25, -0.2) is 4.39 Å². The van der Waals surface area contributed by atoms with E-state index in [1.807, 2.05) is 20.8 Å². The molecule has 29 heavy (non-hydrogen) atoms. The molecule has 1 N–H and O–H groups in total. The van der Waals surface area contributed by atoms with Crippen molar-refractivity contribution in [2.45, 2.75) is 52.5 Å². The summed E-state index contributed by atoms with van der Waals surface area (Å²) in [5, 5.41) is 20.7. The number of aliphatic imine (C=N–C) groups is 1. The first-order valence-electron chi connectivity index (χ1n) is 9.63. The summed E-state index contributed by atoms with van der Waals surface area (Å²) in [5.41, 5.74) is -1.15. The quantitative estimate of drug-likeness (QED) is 0.647. The number of carbonyl (C=O) groups is 1. The van der Waals surface area contributed by atoms with Gasteiger partial charge in [-0.1, -0.05) is 38.4 Å². The lowest BCUT2D eigenvalue weighted by Gasteiger charge is -2.54. The van der Waals surface area contributed by atoms with Gasteiger partial charge in [0.25, 0.3) is 0 Å². The van der Waals surface area contributed by atoms with Gasteiger partial charge < -0.3 is 9.84 Å². The van der Waals surface area contributed by atoms with Crippen LogP contribution in [0.25, 0.3) is 0 Å². The van der Waals surface area contributed by atoms with Gasteiger partial charge in [0, 0.05) is 30.4 Å². The largest absolute Gasteiger partial charge is 0.481 e. The number of hydrogen-bond donors (Lipinski definition) is 1. The first kappa shape index (κ1) is 23.3. The molecule has 4 atom stereocenters. The van der Waals surface area contributed by atoms with Crippen molar-refractivity contribution in [2.24, 2.45) is 21.7 Å². The highest BCUT2D eigenvalue weighted by molar-refractivity contribution is 6.31. The first-order chi connectivity index (χ1) is 13.5. The van der Waals surface area contributed by atoms with Crippen LogP contribution < -0.4 is 0 Å². The monoisotopic (exact) mass is 422 g/mol. The Hall–Kier alpha value is -1.97. The molecule has 1 aromatic carbocycles. The molecule has 0 aliphatic carbocycles. The standard InChI is InChI=1S/C22H28ClFN2O3/c1-13-16(12-25)19(15-9-8-14(24)11-17(15)23)22(20(27)28,21(2,3)4)18(26-13)7-6-10-29-5/h8-9,11,16,18-19H,6-7,10H2,1-5H3,(H,27,28). The van der Waals surface area contributed by atoms with E-state index in [9.17, 15) is 19.6 Å². The molecule has 0 fully saturated rings. The lowest BCUT2D eigenvalue weighted by atomic mass is 9.49.